The van der Waals surface area contributed by atoms with Crippen molar-refractivity contribution in [2.24, 2.45) is 0 Å². The molecule has 5 aromatic rings. The smallest absolute Gasteiger partial charge is 0.475 e. The van der Waals surface area contributed by atoms with Crippen LogP contribution in [0.15, 0.2) is 91.0 Å². The highest BCUT2D eigenvalue weighted by Crippen LogP contribution is 2.28. The van der Waals surface area contributed by atoms with Crippen LogP contribution in [-0.2, 0) is 22.6 Å². The van der Waals surface area contributed by atoms with Crippen LogP contribution in [0.25, 0.3) is 33.5 Å². The van der Waals surface area contributed by atoms with E-state index >= 15 is 0 Å². The molecule has 3 N–H and O–H groups in total. The third-order valence-electron chi connectivity index (χ3n) is 6.36. The Bertz CT molecular complexity index is 1710. The second-order valence-corrected chi connectivity index (χ2v) is 9.44. The predicted octanol–water partition coefficient (Wildman–Crippen LogP) is 6.92. The van der Waals surface area contributed by atoms with Gasteiger partial charge in [0.2, 0.25) is 0 Å². The summed E-state index contributed by atoms with van der Waals surface area (Å²) in [5, 5.41) is 10.6. The van der Waals surface area contributed by atoms with E-state index in [2.05, 4.69) is 77.9 Å². The minimum absolute atomic E-state index is 0.320. The number of alkyl halides is 3. The van der Waals surface area contributed by atoms with Crippen molar-refractivity contribution >= 4 is 23.0 Å². The lowest BCUT2D eigenvalue weighted by molar-refractivity contribution is -0.192. The van der Waals surface area contributed by atoms with Crippen LogP contribution >= 0.6 is 0 Å². The summed E-state index contributed by atoms with van der Waals surface area (Å²) in [5.41, 5.74) is 9.39. The molecule has 0 radical (unpaired) electrons. The van der Waals surface area contributed by atoms with Gasteiger partial charge in [-0.2, -0.15) is 13.2 Å². The molecule has 0 saturated heterocycles. The SMILES string of the molecule is COC(=O)c1cccc(CNCc2cccc(-c3cccc(-c4nc5c(C)cccc5[nH]4)c3)c2)c1.O=C(O)C(F)(F)F. The summed E-state index contributed by atoms with van der Waals surface area (Å²) < 4.78 is 36.5. The maximum absolute atomic E-state index is 11.8. The van der Waals surface area contributed by atoms with Crippen molar-refractivity contribution in [1.82, 2.24) is 15.3 Å². The molecule has 0 saturated carbocycles. The normalized spacial score (nSPS) is 11.1. The number of ether oxygens (including phenoxy) is 1. The Morgan fingerprint density at radius 3 is 2.07 bits per heavy atom. The van der Waals surface area contributed by atoms with Crippen molar-refractivity contribution in [3.05, 3.63) is 113 Å². The average Bonchev–Trinajstić information content (AvgIpc) is 3.43. The van der Waals surface area contributed by atoms with Gasteiger partial charge in [0.15, 0.2) is 0 Å². The largest absolute Gasteiger partial charge is 0.490 e. The van der Waals surface area contributed by atoms with Crippen LogP contribution in [0.5, 0.6) is 0 Å². The molecule has 1 heterocycles. The molecular weight excluding hydrogens is 547 g/mol. The van der Waals surface area contributed by atoms with Gasteiger partial charge in [0, 0.05) is 18.7 Å². The number of hydrogen-bond donors (Lipinski definition) is 3. The molecule has 0 aliphatic rings. The highest BCUT2D eigenvalue weighted by Gasteiger charge is 2.38. The van der Waals surface area contributed by atoms with Crippen molar-refractivity contribution in [3.8, 4) is 22.5 Å². The number of para-hydroxylation sites is 1. The van der Waals surface area contributed by atoms with Crippen molar-refractivity contribution in [2.45, 2.75) is 26.2 Å². The zero-order chi connectivity index (χ0) is 30.3. The second-order valence-electron chi connectivity index (χ2n) is 9.44. The Labute approximate surface area is 240 Å². The molecule has 0 unspecified atom stereocenters. The number of H-pyrrole nitrogens is 1. The standard InChI is InChI=1S/C30H27N3O2.C2HF3O2/c1-20-7-3-14-27-28(20)33-29(32-27)25-12-6-11-24(17-25)23-10-4-8-21(15-23)18-31-19-22-9-5-13-26(16-22)30(34)35-2;3-2(4,5)1(6)7/h3-17,31H,18-19H2,1-2H3,(H,32,33);(H,6,7). The molecule has 10 heteroatoms. The van der Waals surface area contributed by atoms with E-state index in [1.807, 2.05) is 24.3 Å². The maximum atomic E-state index is 11.8. The first-order chi connectivity index (χ1) is 20.0. The lowest BCUT2D eigenvalue weighted by Crippen LogP contribution is -2.21. The van der Waals surface area contributed by atoms with Gasteiger partial charge in [0.1, 0.15) is 5.82 Å². The molecule has 0 atom stereocenters. The van der Waals surface area contributed by atoms with E-state index in [1.54, 1.807) is 6.07 Å². The highest BCUT2D eigenvalue weighted by molar-refractivity contribution is 5.89. The topological polar surface area (TPSA) is 104 Å². The van der Waals surface area contributed by atoms with Crippen LogP contribution in [-0.4, -0.2) is 40.3 Å². The second kappa shape index (κ2) is 13.1. The number of aromatic amines is 1. The number of methoxy groups -OCH3 is 1. The van der Waals surface area contributed by atoms with E-state index in [9.17, 15) is 18.0 Å². The molecule has 7 nitrogen and oxygen atoms in total. The van der Waals surface area contributed by atoms with Gasteiger partial charge >= 0.3 is 18.1 Å². The number of halogens is 3. The van der Waals surface area contributed by atoms with E-state index in [1.165, 1.54) is 18.2 Å². The summed E-state index contributed by atoms with van der Waals surface area (Å²) >= 11 is 0. The summed E-state index contributed by atoms with van der Waals surface area (Å²) in [6, 6.07) is 30.7. The number of nitrogens with one attached hydrogen (secondary N) is 2. The molecular formula is C32H28F3N3O4. The van der Waals surface area contributed by atoms with Gasteiger partial charge in [-0.1, -0.05) is 60.7 Å². The minimum Gasteiger partial charge on any atom is -0.475 e. The third kappa shape index (κ3) is 7.61. The first-order valence-corrected chi connectivity index (χ1v) is 12.9. The Hall–Kier alpha value is -4.96. The van der Waals surface area contributed by atoms with Crippen LogP contribution in [0, 0.1) is 6.92 Å². The fourth-order valence-electron chi connectivity index (χ4n) is 4.30. The van der Waals surface area contributed by atoms with Crippen molar-refractivity contribution in [1.29, 1.82) is 0 Å². The lowest BCUT2D eigenvalue weighted by atomic mass is 10.0. The molecule has 216 valence electrons. The number of hydrogen-bond acceptors (Lipinski definition) is 5. The van der Waals surface area contributed by atoms with E-state index in [4.69, 9.17) is 19.6 Å². The van der Waals surface area contributed by atoms with Gasteiger partial charge < -0.3 is 20.1 Å². The molecule has 0 amide bonds. The minimum atomic E-state index is -5.08. The number of benzene rings is 4. The number of rotatable bonds is 7. The first-order valence-electron chi connectivity index (χ1n) is 12.9. The molecule has 0 fully saturated rings. The third-order valence-corrected chi connectivity index (χ3v) is 6.36. The summed E-state index contributed by atoms with van der Waals surface area (Å²) in [6.07, 6.45) is -5.08. The van der Waals surface area contributed by atoms with Crippen LogP contribution in [0.2, 0.25) is 0 Å². The van der Waals surface area contributed by atoms with Gasteiger partial charge in [-0.15, -0.1) is 0 Å². The predicted molar refractivity (Wildman–Crippen MR) is 154 cm³/mol. The quantitative estimate of drug-likeness (QED) is 0.182. The van der Waals surface area contributed by atoms with Gasteiger partial charge in [0.05, 0.1) is 23.7 Å². The Morgan fingerprint density at radius 1 is 0.857 bits per heavy atom. The fraction of sp³-hybridized carbons (Fsp3) is 0.156. The molecule has 4 aromatic carbocycles. The van der Waals surface area contributed by atoms with Gasteiger partial charge in [0.25, 0.3) is 0 Å². The van der Waals surface area contributed by atoms with E-state index in [-0.39, 0.29) is 5.97 Å². The molecule has 0 spiro atoms. The molecule has 5 rings (SSSR count). The van der Waals surface area contributed by atoms with Crippen molar-refractivity contribution < 1.29 is 32.6 Å². The monoisotopic (exact) mass is 575 g/mol. The van der Waals surface area contributed by atoms with E-state index in [0.29, 0.717) is 12.1 Å². The van der Waals surface area contributed by atoms with Crippen LogP contribution in [0.3, 0.4) is 0 Å². The average molecular weight is 576 g/mol. The van der Waals surface area contributed by atoms with Crippen LogP contribution in [0.4, 0.5) is 13.2 Å². The number of aliphatic carboxylic acids is 1. The Balaban J connectivity index is 0.000000517. The number of nitrogens with zero attached hydrogens (tertiary/aromatic N) is 1. The summed E-state index contributed by atoms with van der Waals surface area (Å²) in [5.74, 6) is -2.20. The number of carboxylic acid groups (broad SMARTS) is 1. The van der Waals surface area contributed by atoms with Crippen LogP contribution in [0.1, 0.15) is 27.0 Å². The number of carbonyl (C=O) groups is 2. The van der Waals surface area contributed by atoms with Gasteiger partial charge in [-0.05, 0) is 65.1 Å². The molecule has 0 aliphatic heterocycles. The zero-order valence-electron chi connectivity index (χ0n) is 22.8. The zero-order valence-corrected chi connectivity index (χ0v) is 22.8. The maximum Gasteiger partial charge on any atom is 0.490 e. The Morgan fingerprint density at radius 2 is 1.43 bits per heavy atom. The molecule has 0 bridgehead atoms. The first kappa shape index (κ1) is 30.0. The number of carboxylic acids is 1. The number of esters is 1. The molecule has 42 heavy (non-hydrogen) atoms. The van der Waals surface area contributed by atoms with Crippen molar-refractivity contribution in [3.63, 3.8) is 0 Å². The van der Waals surface area contributed by atoms with Gasteiger partial charge in [-0.25, -0.2) is 14.6 Å². The molecule has 1 aromatic heterocycles. The Kier molecular flexibility index (Phi) is 9.39. The lowest BCUT2D eigenvalue weighted by Gasteiger charge is -2.09. The van der Waals surface area contributed by atoms with Crippen LogP contribution < -0.4 is 5.32 Å². The number of fused-ring (bicyclic) bond motifs is 1. The number of carbonyl (C=O) groups excluding carboxylic acids is 1. The summed E-state index contributed by atoms with van der Waals surface area (Å²) in [7, 11) is 1.40. The number of imidazole rings is 1. The summed E-state index contributed by atoms with van der Waals surface area (Å²) in [4.78, 5) is 28.9. The van der Waals surface area contributed by atoms with E-state index < -0.39 is 12.1 Å². The highest BCUT2D eigenvalue weighted by atomic mass is 19.4. The summed E-state index contributed by atoms with van der Waals surface area (Å²) in [6.45, 7) is 3.47. The number of aromatic nitrogens is 2. The van der Waals surface area contributed by atoms with E-state index in [0.717, 1.165) is 45.7 Å². The number of aryl methyl sites for hydroxylation is 1. The molecule has 0 aliphatic carbocycles. The fourth-order valence-corrected chi connectivity index (χ4v) is 4.30. The van der Waals surface area contributed by atoms with Gasteiger partial charge in [-0.3, -0.25) is 0 Å². The van der Waals surface area contributed by atoms with Crippen molar-refractivity contribution in [2.75, 3.05) is 7.11 Å².